The highest BCUT2D eigenvalue weighted by atomic mass is 35.5. The first-order chi connectivity index (χ1) is 15.1. The van der Waals surface area contributed by atoms with Gasteiger partial charge in [-0.2, -0.15) is 0 Å². The van der Waals surface area contributed by atoms with E-state index in [4.69, 9.17) is 28.2 Å². The highest BCUT2D eigenvalue weighted by molar-refractivity contribution is 6.42. The molecule has 1 aromatic heterocycles. The summed E-state index contributed by atoms with van der Waals surface area (Å²) in [5.41, 5.74) is 7.91. The fourth-order valence-electron chi connectivity index (χ4n) is 4.18. The number of aromatic nitrogens is 2. The second-order valence-electron chi connectivity index (χ2n) is 7.76. The third kappa shape index (κ3) is 3.91. The van der Waals surface area contributed by atoms with E-state index in [9.17, 15) is 0 Å². The minimum atomic E-state index is 0.183. The van der Waals surface area contributed by atoms with Crippen molar-refractivity contribution in [1.29, 1.82) is 0 Å². The molecule has 1 aliphatic carbocycles. The molecule has 0 spiro atoms. The molecule has 0 saturated carbocycles. The summed E-state index contributed by atoms with van der Waals surface area (Å²) in [6, 6.07) is 22.7. The highest BCUT2D eigenvalue weighted by Gasteiger charge is 2.27. The largest absolute Gasteiger partial charge is 0.324 e. The van der Waals surface area contributed by atoms with Crippen LogP contribution in [0.1, 0.15) is 35.1 Å². The van der Waals surface area contributed by atoms with E-state index in [1.54, 1.807) is 0 Å². The van der Waals surface area contributed by atoms with Gasteiger partial charge in [0, 0.05) is 23.4 Å². The van der Waals surface area contributed by atoms with E-state index in [1.807, 2.05) is 18.3 Å². The predicted molar refractivity (Wildman–Crippen MR) is 129 cm³/mol. The van der Waals surface area contributed by atoms with E-state index in [0.717, 1.165) is 40.9 Å². The molecule has 1 heterocycles. The molecule has 0 saturated heterocycles. The molecule has 4 aromatic rings. The average Bonchev–Trinajstić information content (AvgIpc) is 2.81. The number of anilines is 2. The topological polar surface area (TPSA) is 37.8 Å². The number of nitrogens with zero attached hydrogens (tertiary/aromatic N) is 2. The summed E-state index contributed by atoms with van der Waals surface area (Å²) < 4.78 is 0. The van der Waals surface area contributed by atoms with Gasteiger partial charge in [-0.25, -0.2) is 9.97 Å². The van der Waals surface area contributed by atoms with Gasteiger partial charge in [-0.15, -0.1) is 0 Å². The molecular weight excluding hydrogens is 425 g/mol. The van der Waals surface area contributed by atoms with E-state index in [-0.39, 0.29) is 5.92 Å². The molecule has 0 fully saturated rings. The Labute approximate surface area is 192 Å². The number of benzene rings is 3. The standard InChI is InChI=1S/C26H21Cl2N3/c1-2-16-7-10-19(11-8-16)30-26-29-15-18-13-22(17-9-12-23(27)24(28)14-17)20-5-3-4-6-21(20)25(18)31-26/h3-12,14-15,22H,2,13H2,1H3,(H,29,30,31). The first kappa shape index (κ1) is 20.0. The Balaban J connectivity index is 1.51. The molecule has 5 rings (SSSR count). The predicted octanol–water partition coefficient (Wildman–Crippen LogP) is 7.44. The van der Waals surface area contributed by atoms with Gasteiger partial charge in [-0.1, -0.05) is 72.6 Å². The van der Waals surface area contributed by atoms with Crippen LogP contribution in [0.5, 0.6) is 0 Å². The van der Waals surface area contributed by atoms with Gasteiger partial charge in [0.25, 0.3) is 0 Å². The van der Waals surface area contributed by atoms with Crippen LogP contribution in [0.4, 0.5) is 11.6 Å². The van der Waals surface area contributed by atoms with Crippen molar-refractivity contribution in [3.8, 4) is 11.3 Å². The zero-order chi connectivity index (χ0) is 21.4. The molecular formula is C26H21Cl2N3. The smallest absolute Gasteiger partial charge is 0.227 e. The Bertz CT molecular complexity index is 1250. The molecule has 0 bridgehead atoms. The van der Waals surface area contributed by atoms with Gasteiger partial charge in [-0.05, 0) is 59.4 Å². The van der Waals surface area contributed by atoms with Crippen LogP contribution in [0.25, 0.3) is 11.3 Å². The minimum absolute atomic E-state index is 0.183. The van der Waals surface area contributed by atoms with Crippen molar-refractivity contribution in [2.75, 3.05) is 5.32 Å². The summed E-state index contributed by atoms with van der Waals surface area (Å²) in [5, 5.41) is 4.48. The lowest BCUT2D eigenvalue weighted by Gasteiger charge is -2.27. The van der Waals surface area contributed by atoms with Gasteiger partial charge in [-0.3, -0.25) is 0 Å². The quantitative estimate of drug-likeness (QED) is 0.354. The molecule has 0 radical (unpaired) electrons. The monoisotopic (exact) mass is 445 g/mol. The third-order valence-electron chi connectivity index (χ3n) is 5.84. The summed E-state index contributed by atoms with van der Waals surface area (Å²) in [6.45, 7) is 2.15. The second kappa shape index (κ2) is 8.33. The summed E-state index contributed by atoms with van der Waals surface area (Å²) >= 11 is 12.5. The Morgan fingerprint density at radius 3 is 2.55 bits per heavy atom. The summed E-state index contributed by atoms with van der Waals surface area (Å²) in [7, 11) is 0. The summed E-state index contributed by atoms with van der Waals surface area (Å²) in [6.07, 6.45) is 3.77. The lowest BCUT2D eigenvalue weighted by Crippen LogP contribution is -2.15. The van der Waals surface area contributed by atoms with Crippen molar-refractivity contribution in [2.45, 2.75) is 25.7 Å². The third-order valence-corrected chi connectivity index (χ3v) is 6.58. The minimum Gasteiger partial charge on any atom is -0.324 e. The molecule has 3 aromatic carbocycles. The number of nitrogens with one attached hydrogen (secondary N) is 1. The lowest BCUT2D eigenvalue weighted by molar-refractivity contribution is 0.782. The molecule has 1 atom stereocenters. The molecule has 0 amide bonds. The molecule has 3 nitrogen and oxygen atoms in total. The fourth-order valence-corrected chi connectivity index (χ4v) is 4.48. The van der Waals surface area contributed by atoms with Crippen LogP contribution in [-0.4, -0.2) is 9.97 Å². The van der Waals surface area contributed by atoms with Gasteiger partial charge in [0.15, 0.2) is 0 Å². The molecule has 1 aliphatic rings. The normalized spacial score (nSPS) is 14.6. The number of hydrogen-bond acceptors (Lipinski definition) is 3. The molecule has 154 valence electrons. The Hall–Kier alpha value is -2.88. The van der Waals surface area contributed by atoms with E-state index < -0.39 is 0 Å². The van der Waals surface area contributed by atoms with Gasteiger partial charge in [0.1, 0.15) is 0 Å². The number of halogens is 2. The Morgan fingerprint density at radius 2 is 1.77 bits per heavy atom. The van der Waals surface area contributed by atoms with Crippen LogP contribution in [0.2, 0.25) is 10.0 Å². The zero-order valence-electron chi connectivity index (χ0n) is 17.1. The van der Waals surface area contributed by atoms with Crippen molar-refractivity contribution >= 4 is 34.8 Å². The fraction of sp³-hybridized carbons (Fsp3) is 0.154. The first-order valence-electron chi connectivity index (χ1n) is 10.4. The Morgan fingerprint density at radius 1 is 0.968 bits per heavy atom. The van der Waals surface area contributed by atoms with Gasteiger partial charge < -0.3 is 5.32 Å². The maximum Gasteiger partial charge on any atom is 0.227 e. The van der Waals surface area contributed by atoms with Crippen LogP contribution in [0, 0.1) is 0 Å². The number of hydrogen-bond donors (Lipinski definition) is 1. The maximum absolute atomic E-state index is 6.31. The number of rotatable bonds is 4. The molecule has 31 heavy (non-hydrogen) atoms. The van der Waals surface area contributed by atoms with E-state index in [0.29, 0.717) is 16.0 Å². The summed E-state index contributed by atoms with van der Waals surface area (Å²) in [5.74, 6) is 0.785. The lowest BCUT2D eigenvalue weighted by atomic mass is 9.78. The first-order valence-corrected chi connectivity index (χ1v) is 11.1. The summed E-state index contributed by atoms with van der Waals surface area (Å²) in [4.78, 5) is 9.48. The molecule has 1 N–H and O–H groups in total. The maximum atomic E-state index is 6.31. The van der Waals surface area contributed by atoms with Gasteiger partial charge >= 0.3 is 0 Å². The van der Waals surface area contributed by atoms with Crippen LogP contribution in [-0.2, 0) is 12.8 Å². The van der Waals surface area contributed by atoms with Crippen molar-refractivity contribution in [3.05, 3.63) is 105 Å². The number of aryl methyl sites for hydroxylation is 1. The van der Waals surface area contributed by atoms with Crippen LogP contribution >= 0.6 is 23.2 Å². The molecule has 5 heteroatoms. The Kier molecular flexibility index (Phi) is 5.39. The van der Waals surface area contributed by atoms with Crippen molar-refractivity contribution < 1.29 is 0 Å². The van der Waals surface area contributed by atoms with Crippen LogP contribution < -0.4 is 5.32 Å². The van der Waals surface area contributed by atoms with E-state index in [2.05, 4.69) is 71.8 Å². The van der Waals surface area contributed by atoms with Crippen LogP contribution in [0.15, 0.2) is 72.9 Å². The average molecular weight is 446 g/mol. The van der Waals surface area contributed by atoms with Crippen molar-refractivity contribution in [3.63, 3.8) is 0 Å². The molecule has 1 unspecified atom stereocenters. The van der Waals surface area contributed by atoms with E-state index in [1.165, 1.54) is 11.1 Å². The van der Waals surface area contributed by atoms with Gasteiger partial charge in [0.05, 0.1) is 15.7 Å². The highest BCUT2D eigenvalue weighted by Crippen LogP contribution is 2.42. The second-order valence-corrected chi connectivity index (χ2v) is 8.57. The zero-order valence-corrected chi connectivity index (χ0v) is 18.6. The van der Waals surface area contributed by atoms with Crippen molar-refractivity contribution in [2.24, 2.45) is 0 Å². The molecule has 0 aliphatic heterocycles. The van der Waals surface area contributed by atoms with Crippen LogP contribution in [0.3, 0.4) is 0 Å². The SMILES string of the molecule is CCc1ccc(Nc2ncc3c(n2)-c2ccccc2C(c2ccc(Cl)c(Cl)c2)C3)cc1. The van der Waals surface area contributed by atoms with Crippen molar-refractivity contribution in [1.82, 2.24) is 9.97 Å². The van der Waals surface area contributed by atoms with Gasteiger partial charge in [0.2, 0.25) is 5.95 Å². The van der Waals surface area contributed by atoms with E-state index >= 15 is 0 Å². The number of fused-ring (bicyclic) bond motifs is 3.